The Hall–Kier alpha value is -1.81. The molecule has 2 aliphatic carbocycles. The van der Waals surface area contributed by atoms with E-state index in [0.717, 1.165) is 23.3 Å². The monoisotopic (exact) mass is 375 g/mol. The number of allylic oxidation sites excluding steroid dienone is 4. The fraction of sp³-hybridized carbons (Fsp3) is 0.593. The number of benzene rings is 1. The average Bonchev–Trinajstić information content (AvgIpc) is 2.77. The van der Waals surface area contributed by atoms with Gasteiger partial charge in [-0.3, -0.25) is 0 Å². The minimum Gasteiger partial charge on any atom is -0.192 e. The van der Waals surface area contributed by atoms with E-state index in [2.05, 4.69) is 43.4 Å². The van der Waals surface area contributed by atoms with Crippen LogP contribution < -0.4 is 0 Å². The third-order valence-corrected chi connectivity index (χ3v) is 6.94. The van der Waals surface area contributed by atoms with Crippen molar-refractivity contribution < 1.29 is 0 Å². The summed E-state index contributed by atoms with van der Waals surface area (Å²) in [7, 11) is 0. The topological polar surface area (TPSA) is 23.8 Å². The number of unbranched alkanes of at least 4 members (excludes halogenated alkanes) is 5. The fourth-order valence-electron chi connectivity index (χ4n) is 5.06. The summed E-state index contributed by atoms with van der Waals surface area (Å²) in [6.45, 7) is 2.30. The lowest BCUT2D eigenvalue weighted by molar-refractivity contribution is 0.218. The summed E-state index contributed by atoms with van der Waals surface area (Å²) in [4.78, 5) is 0. The molecule has 0 heterocycles. The van der Waals surface area contributed by atoms with E-state index in [0.29, 0.717) is 0 Å². The third-order valence-electron chi connectivity index (χ3n) is 6.94. The van der Waals surface area contributed by atoms with Gasteiger partial charge in [-0.25, -0.2) is 0 Å². The molecule has 1 nitrogen and oxygen atoms in total. The molecule has 0 saturated heterocycles. The smallest absolute Gasteiger partial charge is 0.0991 e. The molecule has 0 aromatic heterocycles. The number of nitrogens with zero attached hydrogens (tertiary/aromatic N) is 1. The molecule has 1 heteroatoms. The van der Waals surface area contributed by atoms with Gasteiger partial charge in [-0.15, -0.1) is 0 Å². The van der Waals surface area contributed by atoms with Crippen molar-refractivity contribution in [3.8, 4) is 6.07 Å². The standard InChI is InChI=1S/C27H37N/c1-2-3-4-5-6-7-8-22-9-13-24(14-10-22)26-17-19-27(20-18-26)25-15-11-23(21-28)12-16-25/h11-12,15-17,19-20,22,24,26H,2-10,13-14,18H2,1H3/t22-,24-,26?. The zero-order valence-electron chi connectivity index (χ0n) is 17.7. The van der Waals surface area contributed by atoms with Crippen LogP contribution in [0.2, 0.25) is 0 Å². The molecule has 1 aromatic rings. The van der Waals surface area contributed by atoms with Gasteiger partial charge in [0.15, 0.2) is 0 Å². The highest BCUT2D eigenvalue weighted by molar-refractivity contribution is 5.75. The van der Waals surface area contributed by atoms with Crippen LogP contribution in [0.5, 0.6) is 0 Å². The van der Waals surface area contributed by atoms with Crippen LogP contribution in [0.25, 0.3) is 5.57 Å². The van der Waals surface area contributed by atoms with Crippen LogP contribution in [0.3, 0.4) is 0 Å². The average molecular weight is 376 g/mol. The lowest BCUT2D eigenvalue weighted by Gasteiger charge is -2.33. The van der Waals surface area contributed by atoms with E-state index in [1.54, 1.807) is 0 Å². The van der Waals surface area contributed by atoms with E-state index in [1.165, 1.54) is 88.2 Å². The summed E-state index contributed by atoms with van der Waals surface area (Å²) < 4.78 is 0. The Morgan fingerprint density at radius 2 is 1.64 bits per heavy atom. The normalized spacial score (nSPS) is 24.6. The van der Waals surface area contributed by atoms with E-state index in [1.807, 2.05) is 12.1 Å². The van der Waals surface area contributed by atoms with Crippen LogP contribution in [0.4, 0.5) is 0 Å². The number of rotatable bonds is 9. The lowest BCUT2D eigenvalue weighted by atomic mass is 9.72. The van der Waals surface area contributed by atoms with Crippen LogP contribution in [0.15, 0.2) is 42.5 Å². The molecule has 150 valence electrons. The maximum Gasteiger partial charge on any atom is 0.0991 e. The van der Waals surface area contributed by atoms with Crippen LogP contribution in [-0.2, 0) is 0 Å². The third kappa shape index (κ3) is 6.10. The zero-order chi connectivity index (χ0) is 19.6. The second kappa shape index (κ2) is 11.3. The Kier molecular flexibility index (Phi) is 8.41. The SMILES string of the molecule is CCCCCCCC[C@H]1CC[C@H](C2C=CC(c3ccc(C#N)cc3)=CC2)CC1. The van der Waals surface area contributed by atoms with Crippen LogP contribution in [0.1, 0.15) is 95.1 Å². The van der Waals surface area contributed by atoms with E-state index in [-0.39, 0.29) is 0 Å². The van der Waals surface area contributed by atoms with Gasteiger partial charge in [0.25, 0.3) is 0 Å². The Morgan fingerprint density at radius 1 is 0.929 bits per heavy atom. The van der Waals surface area contributed by atoms with E-state index < -0.39 is 0 Å². The minimum atomic E-state index is 0.733. The first-order valence-electron chi connectivity index (χ1n) is 11.7. The van der Waals surface area contributed by atoms with Crippen molar-refractivity contribution in [3.05, 3.63) is 53.6 Å². The molecule has 2 aliphatic rings. The first-order valence-corrected chi connectivity index (χ1v) is 11.7. The highest BCUT2D eigenvalue weighted by atomic mass is 14.3. The Labute approximate surface area is 172 Å². The van der Waals surface area contributed by atoms with Crippen molar-refractivity contribution >= 4 is 5.57 Å². The molecule has 1 saturated carbocycles. The zero-order valence-corrected chi connectivity index (χ0v) is 17.7. The minimum absolute atomic E-state index is 0.733. The first kappa shape index (κ1) is 20.9. The van der Waals surface area contributed by atoms with Crippen LogP contribution in [-0.4, -0.2) is 0 Å². The van der Waals surface area contributed by atoms with Crippen molar-refractivity contribution in [2.24, 2.45) is 17.8 Å². The van der Waals surface area contributed by atoms with Gasteiger partial charge in [-0.1, -0.05) is 95.1 Å². The number of nitriles is 1. The Morgan fingerprint density at radius 3 is 2.29 bits per heavy atom. The van der Waals surface area contributed by atoms with Gasteiger partial charge < -0.3 is 0 Å². The molecule has 1 atom stereocenters. The summed E-state index contributed by atoms with van der Waals surface area (Å²) >= 11 is 0. The molecule has 0 spiro atoms. The van der Waals surface area contributed by atoms with Crippen molar-refractivity contribution in [3.63, 3.8) is 0 Å². The molecule has 1 unspecified atom stereocenters. The molecule has 28 heavy (non-hydrogen) atoms. The number of hydrogen-bond acceptors (Lipinski definition) is 1. The molecule has 1 aromatic carbocycles. The molecular formula is C27H37N. The molecule has 1 fully saturated rings. The summed E-state index contributed by atoms with van der Waals surface area (Å²) in [6, 6.07) is 10.2. The lowest BCUT2D eigenvalue weighted by Crippen LogP contribution is -2.21. The predicted octanol–water partition coefficient (Wildman–Crippen LogP) is 8.07. The van der Waals surface area contributed by atoms with Crippen LogP contribution >= 0.6 is 0 Å². The molecule has 0 N–H and O–H groups in total. The van der Waals surface area contributed by atoms with E-state index >= 15 is 0 Å². The fourth-order valence-corrected chi connectivity index (χ4v) is 5.06. The maximum atomic E-state index is 8.95. The van der Waals surface area contributed by atoms with Gasteiger partial charge in [0.1, 0.15) is 0 Å². The van der Waals surface area contributed by atoms with Crippen molar-refractivity contribution in [2.45, 2.75) is 84.0 Å². The second-order valence-corrected chi connectivity index (χ2v) is 8.94. The summed E-state index contributed by atoms with van der Waals surface area (Å²) in [5, 5.41) is 8.95. The van der Waals surface area contributed by atoms with Gasteiger partial charge in [0.2, 0.25) is 0 Å². The van der Waals surface area contributed by atoms with Gasteiger partial charge in [-0.05, 0) is 60.3 Å². The quantitative estimate of drug-likeness (QED) is 0.400. The Bertz CT molecular complexity index is 680. The molecule has 0 bridgehead atoms. The van der Waals surface area contributed by atoms with E-state index in [9.17, 15) is 0 Å². The van der Waals surface area contributed by atoms with Gasteiger partial charge in [0.05, 0.1) is 11.6 Å². The van der Waals surface area contributed by atoms with Crippen molar-refractivity contribution in [1.82, 2.24) is 0 Å². The number of hydrogen-bond donors (Lipinski definition) is 0. The van der Waals surface area contributed by atoms with Gasteiger partial charge >= 0.3 is 0 Å². The molecule has 0 aliphatic heterocycles. The van der Waals surface area contributed by atoms with Gasteiger partial charge in [0, 0.05) is 0 Å². The molecule has 0 radical (unpaired) electrons. The molecular weight excluding hydrogens is 338 g/mol. The largest absolute Gasteiger partial charge is 0.192 e. The first-order chi connectivity index (χ1) is 13.8. The van der Waals surface area contributed by atoms with Crippen LogP contribution in [0, 0.1) is 29.1 Å². The highest BCUT2D eigenvalue weighted by Crippen LogP contribution is 2.39. The summed E-state index contributed by atoms with van der Waals surface area (Å²) in [5.74, 6) is 2.62. The van der Waals surface area contributed by atoms with Gasteiger partial charge in [-0.2, -0.15) is 5.26 Å². The van der Waals surface area contributed by atoms with E-state index in [4.69, 9.17) is 5.26 Å². The molecule has 3 rings (SSSR count). The Balaban J connectivity index is 1.37. The van der Waals surface area contributed by atoms with Crippen molar-refractivity contribution in [2.75, 3.05) is 0 Å². The predicted molar refractivity (Wildman–Crippen MR) is 120 cm³/mol. The molecule has 0 amide bonds. The second-order valence-electron chi connectivity index (χ2n) is 8.94. The van der Waals surface area contributed by atoms with Crippen molar-refractivity contribution in [1.29, 1.82) is 5.26 Å². The summed E-state index contributed by atoms with van der Waals surface area (Å²) in [6.07, 6.45) is 24.2. The maximum absolute atomic E-state index is 8.95. The highest BCUT2D eigenvalue weighted by Gasteiger charge is 2.26. The summed E-state index contributed by atoms with van der Waals surface area (Å²) in [5.41, 5.74) is 3.29.